The highest BCUT2D eigenvalue weighted by molar-refractivity contribution is 6.34. The lowest BCUT2D eigenvalue weighted by atomic mass is 10.2. The average Bonchev–Trinajstić information content (AvgIpc) is 2.35. The molecular weight excluding hydrogens is 269 g/mol. The van der Waals surface area contributed by atoms with Gasteiger partial charge < -0.3 is 4.74 Å². The van der Waals surface area contributed by atoms with Crippen LogP contribution in [0.3, 0.4) is 0 Å². The number of benzene rings is 1. The van der Waals surface area contributed by atoms with Crippen molar-refractivity contribution in [1.82, 2.24) is 4.98 Å². The van der Waals surface area contributed by atoms with Crippen molar-refractivity contribution >= 4 is 35.4 Å². The second-order valence-corrected chi connectivity index (χ2v) is 4.50. The highest BCUT2D eigenvalue weighted by Crippen LogP contribution is 2.22. The maximum atomic E-state index is 5.93. The highest BCUT2D eigenvalue weighted by Gasteiger charge is 1.99. The molecule has 0 saturated carbocycles. The molecule has 0 unspecified atom stereocenters. The smallest absolute Gasteiger partial charge is 0.144 e. The summed E-state index contributed by atoms with van der Waals surface area (Å²) in [6.45, 7) is 0. The summed E-state index contributed by atoms with van der Waals surface area (Å²) >= 11 is 11.9. The van der Waals surface area contributed by atoms with Gasteiger partial charge in [-0.1, -0.05) is 29.3 Å². The van der Waals surface area contributed by atoms with Crippen molar-refractivity contribution in [2.24, 2.45) is 0 Å². The van der Waals surface area contributed by atoms with Crippen LogP contribution in [0.25, 0.3) is 12.2 Å². The van der Waals surface area contributed by atoms with Crippen molar-refractivity contribution in [3.63, 3.8) is 0 Å². The molecule has 2 nitrogen and oxygen atoms in total. The fourth-order valence-corrected chi connectivity index (χ4v) is 2.09. The minimum atomic E-state index is 0.607. The van der Waals surface area contributed by atoms with Gasteiger partial charge in [-0.25, -0.2) is 0 Å². The van der Waals surface area contributed by atoms with Gasteiger partial charge in [0.1, 0.15) is 11.4 Å². The number of hydrogen-bond donors (Lipinski definition) is 0. The molecule has 0 bridgehead atoms. The lowest BCUT2D eigenvalue weighted by Gasteiger charge is -2.02. The summed E-state index contributed by atoms with van der Waals surface area (Å²) in [6.07, 6.45) is 5.47. The number of nitrogens with zero attached hydrogens (tertiary/aromatic N) is 1. The van der Waals surface area contributed by atoms with Crippen LogP contribution in [0.4, 0.5) is 0 Å². The summed E-state index contributed by atoms with van der Waals surface area (Å²) in [5.74, 6) is 0.724. The van der Waals surface area contributed by atoms with Crippen LogP contribution in [0.1, 0.15) is 11.3 Å². The van der Waals surface area contributed by atoms with Crippen LogP contribution in [0.5, 0.6) is 5.75 Å². The Labute approximate surface area is 116 Å². The Balaban J connectivity index is 2.30. The molecule has 0 atom stereocenters. The predicted octanol–water partition coefficient (Wildman–Crippen LogP) is 4.57. The third-order valence-electron chi connectivity index (χ3n) is 2.34. The van der Waals surface area contributed by atoms with Crippen molar-refractivity contribution in [3.8, 4) is 5.75 Å². The summed E-state index contributed by atoms with van der Waals surface area (Å²) in [7, 11) is 1.62. The maximum absolute atomic E-state index is 5.93. The van der Waals surface area contributed by atoms with Crippen LogP contribution in [-0.4, -0.2) is 12.1 Å². The molecule has 0 aliphatic carbocycles. The summed E-state index contributed by atoms with van der Waals surface area (Å²) in [5, 5.41) is 1.21. The summed E-state index contributed by atoms with van der Waals surface area (Å²) in [5.41, 5.74) is 1.68. The van der Waals surface area contributed by atoms with E-state index in [2.05, 4.69) is 4.98 Å². The molecule has 0 amide bonds. The molecule has 92 valence electrons. The van der Waals surface area contributed by atoms with Gasteiger partial charge in [0.2, 0.25) is 0 Å². The van der Waals surface area contributed by atoms with Gasteiger partial charge >= 0.3 is 0 Å². The molecular formula is C14H11Cl2NO. The van der Waals surface area contributed by atoms with E-state index in [0.29, 0.717) is 10.0 Å². The lowest BCUT2D eigenvalue weighted by molar-refractivity contribution is 0.412. The molecule has 0 fully saturated rings. The van der Waals surface area contributed by atoms with Crippen molar-refractivity contribution in [2.45, 2.75) is 0 Å². The largest absolute Gasteiger partial charge is 0.494 e. The molecule has 0 spiro atoms. The van der Waals surface area contributed by atoms with Crippen LogP contribution in [0.15, 0.2) is 36.5 Å². The van der Waals surface area contributed by atoms with Crippen molar-refractivity contribution in [3.05, 3.63) is 57.8 Å². The maximum Gasteiger partial charge on any atom is 0.144 e. The fourth-order valence-electron chi connectivity index (χ4n) is 1.55. The first-order valence-electron chi connectivity index (χ1n) is 5.32. The second-order valence-electron chi connectivity index (χ2n) is 3.63. The SMILES string of the molecule is COc1cccnc1/C=C/c1cc(Cl)cc(Cl)c1. The third-order valence-corrected chi connectivity index (χ3v) is 2.77. The molecule has 2 rings (SSSR count). The standard InChI is InChI=1S/C14H11Cl2NO/c1-18-14-3-2-6-17-13(14)5-4-10-7-11(15)9-12(16)8-10/h2-9H,1H3/b5-4+. The highest BCUT2D eigenvalue weighted by atomic mass is 35.5. The minimum absolute atomic E-state index is 0.607. The number of pyridine rings is 1. The summed E-state index contributed by atoms with van der Waals surface area (Å²) in [6, 6.07) is 9.05. The van der Waals surface area contributed by atoms with Crippen LogP contribution in [-0.2, 0) is 0 Å². The number of rotatable bonds is 3. The molecule has 0 radical (unpaired) electrons. The Bertz CT molecular complexity index is 562. The first-order chi connectivity index (χ1) is 8.69. The molecule has 0 N–H and O–H groups in total. The van der Waals surface area contributed by atoms with Gasteiger partial charge in [0.25, 0.3) is 0 Å². The van der Waals surface area contributed by atoms with Gasteiger partial charge in [-0.15, -0.1) is 0 Å². The zero-order chi connectivity index (χ0) is 13.0. The van der Waals surface area contributed by atoms with Crippen LogP contribution < -0.4 is 4.74 Å². The van der Waals surface area contributed by atoms with Crippen molar-refractivity contribution in [2.75, 3.05) is 7.11 Å². The van der Waals surface area contributed by atoms with E-state index in [1.165, 1.54) is 0 Å². The van der Waals surface area contributed by atoms with Crippen LogP contribution in [0.2, 0.25) is 10.0 Å². The van der Waals surface area contributed by atoms with Gasteiger partial charge in [-0.3, -0.25) is 4.98 Å². The first kappa shape index (κ1) is 12.9. The van der Waals surface area contributed by atoms with Crippen molar-refractivity contribution < 1.29 is 4.74 Å². The number of aromatic nitrogens is 1. The van der Waals surface area contributed by atoms with Gasteiger partial charge in [0.05, 0.1) is 7.11 Å². The monoisotopic (exact) mass is 279 g/mol. The molecule has 1 heterocycles. The van der Waals surface area contributed by atoms with Crippen LogP contribution in [0, 0.1) is 0 Å². The second kappa shape index (κ2) is 5.89. The number of ether oxygens (including phenoxy) is 1. The van der Waals surface area contributed by atoms with Gasteiger partial charge in [0.15, 0.2) is 0 Å². The lowest BCUT2D eigenvalue weighted by Crippen LogP contribution is -1.88. The number of methoxy groups -OCH3 is 1. The Hall–Kier alpha value is -1.51. The molecule has 2 aromatic rings. The topological polar surface area (TPSA) is 22.1 Å². The first-order valence-corrected chi connectivity index (χ1v) is 6.08. The predicted molar refractivity (Wildman–Crippen MR) is 76.2 cm³/mol. The van der Waals surface area contributed by atoms with Gasteiger partial charge in [-0.05, 0) is 42.0 Å². The normalized spacial score (nSPS) is 10.8. The zero-order valence-corrected chi connectivity index (χ0v) is 11.2. The molecule has 4 heteroatoms. The molecule has 0 saturated heterocycles. The Morgan fingerprint density at radius 2 is 1.83 bits per heavy atom. The molecule has 1 aromatic carbocycles. The molecule has 0 aliphatic rings. The van der Waals surface area contributed by atoms with E-state index < -0.39 is 0 Å². The van der Waals surface area contributed by atoms with Crippen molar-refractivity contribution in [1.29, 1.82) is 0 Å². The van der Waals surface area contributed by atoms with E-state index in [-0.39, 0.29) is 0 Å². The van der Waals surface area contributed by atoms with E-state index in [1.807, 2.05) is 36.4 Å². The third kappa shape index (κ3) is 3.25. The van der Waals surface area contributed by atoms with E-state index in [4.69, 9.17) is 27.9 Å². The summed E-state index contributed by atoms with van der Waals surface area (Å²) in [4.78, 5) is 4.23. The van der Waals surface area contributed by atoms with Crippen LogP contribution >= 0.6 is 23.2 Å². The number of halogens is 2. The molecule has 18 heavy (non-hydrogen) atoms. The van der Waals surface area contributed by atoms with E-state index in [1.54, 1.807) is 19.4 Å². The zero-order valence-electron chi connectivity index (χ0n) is 9.73. The van der Waals surface area contributed by atoms with Gasteiger partial charge in [-0.2, -0.15) is 0 Å². The summed E-state index contributed by atoms with van der Waals surface area (Å²) < 4.78 is 5.22. The van der Waals surface area contributed by atoms with Gasteiger partial charge in [0, 0.05) is 16.2 Å². The average molecular weight is 280 g/mol. The fraction of sp³-hybridized carbons (Fsp3) is 0.0714. The van der Waals surface area contributed by atoms with E-state index in [9.17, 15) is 0 Å². The Kier molecular flexibility index (Phi) is 4.24. The van der Waals surface area contributed by atoms with E-state index in [0.717, 1.165) is 17.0 Å². The number of hydrogen-bond acceptors (Lipinski definition) is 2. The Morgan fingerprint density at radius 1 is 1.11 bits per heavy atom. The van der Waals surface area contributed by atoms with E-state index >= 15 is 0 Å². The quantitative estimate of drug-likeness (QED) is 0.821. The molecule has 0 aliphatic heterocycles. The molecule has 1 aromatic heterocycles. The Morgan fingerprint density at radius 3 is 2.50 bits per heavy atom. The minimum Gasteiger partial charge on any atom is -0.494 e.